The van der Waals surface area contributed by atoms with E-state index < -0.39 is 15.8 Å². The van der Waals surface area contributed by atoms with Crippen molar-refractivity contribution < 1.29 is 17.5 Å². The van der Waals surface area contributed by atoms with Crippen molar-refractivity contribution in [2.24, 2.45) is 11.7 Å². The van der Waals surface area contributed by atoms with Crippen LogP contribution in [0.5, 0.6) is 0 Å². The van der Waals surface area contributed by atoms with Crippen LogP contribution in [0.3, 0.4) is 0 Å². The van der Waals surface area contributed by atoms with E-state index in [1.807, 2.05) is 0 Å². The summed E-state index contributed by atoms with van der Waals surface area (Å²) < 4.78 is 45.4. The summed E-state index contributed by atoms with van der Waals surface area (Å²) in [5.41, 5.74) is 6.08. The first-order valence-electron chi connectivity index (χ1n) is 6.97. The Bertz CT molecular complexity index is 586. The maximum absolute atomic E-state index is 13.9. The SMILES string of the molecule is CN(CC1CCCOC1)S(=O)(=O)c1cc(CN)ccc1F. The first-order valence-corrected chi connectivity index (χ1v) is 8.41. The Balaban J connectivity index is 2.20. The normalized spacial score (nSPS) is 19.9. The van der Waals surface area contributed by atoms with E-state index in [1.165, 1.54) is 23.5 Å². The molecule has 2 rings (SSSR count). The van der Waals surface area contributed by atoms with E-state index in [4.69, 9.17) is 10.5 Å². The second-order valence-electron chi connectivity index (χ2n) is 5.34. The van der Waals surface area contributed by atoms with Crippen molar-refractivity contribution in [1.82, 2.24) is 4.31 Å². The third-order valence-corrected chi connectivity index (χ3v) is 5.53. The van der Waals surface area contributed by atoms with Crippen molar-refractivity contribution >= 4 is 10.0 Å². The van der Waals surface area contributed by atoms with Gasteiger partial charge in [0.1, 0.15) is 10.7 Å². The molecule has 1 aliphatic rings. The fourth-order valence-corrected chi connectivity index (χ4v) is 3.81. The van der Waals surface area contributed by atoms with Gasteiger partial charge in [0.05, 0.1) is 6.61 Å². The highest BCUT2D eigenvalue weighted by atomic mass is 32.2. The summed E-state index contributed by atoms with van der Waals surface area (Å²) in [6, 6.07) is 3.94. The van der Waals surface area contributed by atoms with Gasteiger partial charge < -0.3 is 10.5 Å². The zero-order valence-corrected chi connectivity index (χ0v) is 12.9. The summed E-state index contributed by atoms with van der Waals surface area (Å²) in [7, 11) is -2.38. The minimum absolute atomic E-state index is 0.152. The predicted molar refractivity (Wildman–Crippen MR) is 77.7 cm³/mol. The Morgan fingerprint density at radius 2 is 2.24 bits per heavy atom. The molecule has 7 heteroatoms. The Kier molecular flexibility index (Phi) is 5.32. The molecule has 1 fully saturated rings. The second kappa shape index (κ2) is 6.83. The van der Waals surface area contributed by atoms with Gasteiger partial charge >= 0.3 is 0 Å². The van der Waals surface area contributed by atoms with Crippen molar-refractivity contribution in [1.29, 1.82) is 0 Å². The van der Waals surface area contributed by atoms with Crippen LogP contribution in [-0.2, 0) is 21.3 Å². The lowest BCUT2D eigenvalue weighted by Crippen LogP contribution is -2.35. The maximum atomic E-state index is 13.9. The molecule has 0 aliphatic carbocycles. The van der Waals surface area contributed by atoms with E-state index in [2.05, 4.69) is 0 Å². The van der Waals surface area contributed by atoms with Crippen molar-refractivity contribution in [3.8, 4) is 0 Å². The van der Waals surface area contributed by atoms with Crippen LogP contribution < -0.4 is 5.73 Å². The predicted octanol–water partition coefficient (Wildman–Crippen LogP) is 1.33. The smallest absolute Gasteiger partial charge is 0.245 e. The number of ether oxygens (including phenoxy) is 1. The molecule has 1 unspecified atom stereocenters. The van der Waals surface area contributed by atoms with Crippen molar-refractivity contribution in [3.05, 3.63) is 29.6 Å². The molecule has 2 N–H and O–H groups in total. The molecule has 5 nitrogen and oxygen atoms in total. The maximum Gasteiger partial charge on any atom is 0.245 e. The number of rotatable bonds is 5. The molecule has 0 spiro atoms. The van der Waals surface area contributed by atoms with Crippen LogP contribution in [0.25, 0.3) is 0 Å². The quantitative estimate of drug-likeness (QED) is 0.889. The topological polar surface area (TPSA) is 72.6 Å². The van der Waals surface area contributed by atoms with Crippen LogP contribution in [0.4, 0.5) is 4.39 Å². The molecule has 1 aromatic rings. The van der Waals surface area contributed by atoms with E-state index in [9.17, 15) is 12.8 Å². The summed E-state index contributed by atoms with van der Waals surface area (Å²) in [5.74, 6) is -0.599. The highest BCUT2D eigenvalue weighted by molar-refractivity contribution is 7.89. The standard InChI is InChI=1S/C14H21FN2O3S/c1-17(9-12-3-2-6-20-10-12)21(18,19)14-7-11(8-16)4-5-13(14)15/h4-5,7,12H,2-3,6,8-10,16H2,1H3. The fraction of sp³-hybridized carbons (Fsp3) is 0.571. The van der Waals surface area contributed by atoms with Crippen LogP contribution in [-0.4, -0.2) is 39.5 Å². The zero-order valence-electron chi connectivity index (χ0n) is 12.1. The van der Waals surface area contributed by atoms with E-state index in [0.29, 0.717) is 18.7 Å². The van der Waals surface area contributed by atoms with E-state index in [-0.39, 0.29) is 17.4 Å². The van der Waals surface area contributed by atoms with Gasteiger partial charge in [0.2, 0.25) is 10.0 Å². The van der Waals surface area contributed by atoms with Gasteiger partial charge in [-0.3, -0.25) is 0 Å². The van der Waals surface area contributed by atoms with Gasteiger partial charge in [-0.15, -0.1) is 0 Å². The zero-order chi connectivity index (χ0) is 15.5. The van der Waals surface area contributed by atoms with Crippen LogP contribution in [0.1, 0.15) is 18.4 Å². The lowest BCUT2D eigenvalue weighted by Gasteiger charge is -2.26. The largest absolute Gasteiger partial charge is 0.381 e. The average Bonchev–Trinajstić information content (AvgIpc) is 2.48. The summed E-state index contributed by atoms with van der Waals surface area (Å²) in [6.45, 7) is 1.77. The van der Waals surface area contributed by atoms with Gasteiger partial charge in [0.25, 0.3) is 0 Å². The number of hydrogen-bond donors (Lipinski definition) is 1. The highest BCUT2D eigenvalue weighted by Gasteiger charge is 2.27. The van der Waals surface area contributed by atoms with Crippen molar-refractivity contribution in [2.75, 3.05) is 26.8 Å². The molecular weight excluding hydrogens is 295 g/mol. The lowest BCUT2D eigenvalue weighted by atomic mass is 10.0. The third-order valence-electron chi connectivity index (χ3n) is 3.69. The van der Waals surface area contributed by atoms with Gasteiger partial charge in [-0.1, -0.05) is 6.07 Å². The van der Waals surface area contributed by atoms with Crippen LogP contribution >= 0.6 is 0 Å². The molecule has 1 aliphatic heterocycles. The van der Waals surface area contributed by atoms with Crippen LogP contribution in [0.2, 0.25) is 0 Å². The summed E-state index contributed by atoms with van der Waals surface area (Å²) in [4.78, 5) is -0.315. The number of sulfonamides is 1. The molecule has 118 valence electrons. The Hall–Kier alpha value is -1.02. The van der Waals surface area contributed by atoms with Gasteiger partial charge in [0, 0.05) is 26.7 Å². The molecule has 21 heavy (non-hydrogen) atoms. The number of hydrogen-bond acceptors (Lipinski definition) is 4. The molecule has 1 aromatic carbocycles. The lowest BCUT2D eigenvalue weighted by molar-refractivity contribution is 0.0495. The minimum atomic E-state index is -3.85. The molecular formula is C14H21FN2O3S. The van der Waals surface area contributed by atoms with E-state index in [1.54, 1.807) is 0 Å². The fourth-order valence-electron chi connectivity index (χ4n) is 2.45. The monoisotopic (exact) mass is 316 g/mol. The highest BCUT2D eigenvalue weighted by Crippen LogP contribution is 2.22. The van der Waals surface area contributed by atoms with E-state index in [0.717, 1.165) is 25.5 Å². The molecule has 1 atom stereocenters. The molecule has 1 saturated heterocycles. The van der Waals surface area contributed by atoms with Crippen LogP contribution in [0, 0.1) is 11.7 Å². The molecule has 0 saturated carbocycles. The van der Waals surface area contributed by atoms with Gasteiger partial charge in [0.15, 0.2) is 0 Å². The first-order chi connectivity index (χ1) is 9.95. The Morgan fingerprint density at radius 3 is 2.86 bits per heavy atom. The van der Waals surface area contributed by atoms with Gasteiger partial charge in [-0.25, -0.2) is 17.1 Å². The number of nitrogens with zero attached hydrogens (tertiary/aromatic N) is 1. The average molecular weight is 316 g/mol. The molecule has 0 radical (unpaired) electrons. The third kappa shape index (κ3) is 3.79. The summed E-state index contributed by atoms with van der Waals surface area (Å²) >= 11 is 0. The number of benzene rings is 1. The molecule has 0 aromatic heterocycles. The van der Waals surface area contributed by atoms with E-state index >= 15 is 0 Å². The Labute approximate surface area is 124 Å². The van der Waals surface area contributed by atoms with Crippen molar-refractivity contribution in [2.45, 2.75) is 24.3 Å². The summed E-state index contributed by atoms with van der Waals surface area (Å²) in [5, 5.41) is 0. The van der Waals surface area contributed by atoms with Gasteiger partial charge in [-0.2, -0.15) is 0 Å². The molecule has 0 bridgehead atoms. The van der Waals surface area contributed by atoms with Gasteiger partial charge in [-0.05, 0) is 36.5 Å². The van der Waals surface area contributed by atoms with Crippen molar-refractivity contribution in [3.63, 3.8) is 0 Å². The second-order valence-corrected chi connectivity index (χ2v) is 7.35. The first kappa shape index (κ1) is 16.4. The molecule has 1 heterocycles. The Morgan fingerprint density at radius 1 is 1.48 bits per heavy atom. The van der Waals surface area contributed by atoms with Crippen LogP contribution in [0.15, 0.2) is 23.1 Å². The number of nitrogens with two attached hydrogens (primary N) is 1. The summed E-state index contributed by atoms with van der Waals surface area (Å²) in [6.07, 6.45) is 1.85. The molecule has 0 amide bonds. The minimum Gasteiger partial charge on any atom is -0.381 e. The number of halogens is 1.